The van der Waals surface area contributed by atoms with E-state index >= 15 is 0 Å². The summed E-state index contributed by atoms with van der Waals surface area (Å²) in [6.45, 7) is 5.06. The molecular weight excluding hydrogens is 270 g/mol. The van der Waals surface area contributed by atoms with Crippen molar-refractivity contribution in [1.82, 2.24) is 15.1 Å². The van der Waals surface area contributed by atoms with Crippen LogP contribution in [0.15, 0.2) is 0 Å². The number of hydrogen-bond acceptors (Lipinski definition) is 4. The van der Waals surface area contributed by atoms with Gasteiger partial charge in [0.15, 0.2) is 5.69 Å². The molecule has 1 saturated carbocycles. The smallest absolute Gasteiger partial charge is 0.274 e. The molecular formula is C15H23N3O3. The topological polar surface area (TPSA) is 78.5 Å². The van der Waals surface area contributed by atoms with Crippen molar-refractivity contribution in [3.8, 4) is 0 Å². The van der Waals surface area contributed by atoms with Crippen LogP contribution in [-0.2, 0) is 11.2 Å². The summed E-state index contributed by atoms with van der Waals surface area (Å²) in [6.07, 6.45) is 3.08. The van der Waals surface area contributed by atoms with Gasteiger partial charge in [-0.1, -0.05) is 0 Å². The second-order valence-corrected chi connectivity index (χ2v) is 6.18. The summed E-state index contributed by atoms with van der Waals surface area (Å²) >= 11 is 0. The molecule has 1 amide bonds. The van der Waals surface area contributed by atoms with Crippen molar-refractivity contribution in [2.24, 2.45) is 5.92 Å². The predicted molar refractivity (Wildman–Crippen MR) is 77.0 cm³/mol. The van der Waals surface area contributed by atoms with Crippen LogP contribution in [0.4, 0.5) is 0 Å². The summed E-state index contributed by atoms with van der Waals surface area (Å²) in [4.78, 5) is 14.5. The van der Waals surface area contributed by atoms with E-state index < -0.39 is 0 Å². The Morgan fingerprint density at radius 3 is 2.90 bits per heavy atom. The number of aliphatic hydroxyl groups excluding tert-OH is 1. The standard InChI is InChI=1S/C15H23N3O3/c1-9-7-12-13(10(2)21-9)16-17-14(12)15(20)18(5-6-19)8-11-3-4-11/h9-11,19H,3-8H2,1-2H3,(H,16,17)/t9-,10+/m1/s1. The minimum Gasteiger partial charge on any atom is -0.395 e. The van der Waals surface area contributed by atoms with Crippen molar-refractivity contribution in [3.05, 3.63) is 17.0 Å². The maximum Gasteiger partial charge on any atom is 0.274 e. The van der Waals surface area contributed by atoms with Gasteiger partial charge < -0.3 is 14.7 Å². The molecule has 3 rings (SSSR count). The average molecular weight is 293 g/mol. The van der Waals surface area contributed by atoms with Crippen molar-refractivity contribution in [2.75, 3.05) is 19.7 Å². The first-order valence-electron chi connectivity index (χ1n) is 7.72. The van der Waals surface area contributed by atoms with Crippen molar-refractivity contribution < 1.29 is 14.6 Å². The molecule has 1 aliphatic carbocycles. The van der Waals surface area contributed by atoms with Crippen LogP contribution in [0.2, 0.25) is 0 Å². The molecule has 0 unspecified atom stereocenters. The summed E-state index contributed by atoms with van der Waals surface area (Å²) in [5.41, 5.74) is 2.39. The van der Waals surface area contributed by atoms with Crippen molar-refractivity contribution in [1.29, 1.82) is 0 Å². The van der Waals surface area contributed by atoms with E-state index in [1.165, 1.54) is 12.8 Å². The highest BCUT2D eigenvalue weighted by atomic mass is 16.5. The fraction of sp³-hybridized carbons (Fsp3) is 0.733. The monoisotopic (exact) mass is 293 g/mol. The van der Waals surface area contributed by atoms with E-state index in [1.54, 1.807) is 4.90 Å². The van der Waals surface area contributed by atoms with Gasteiger partial charge in [0.1, 0.15) is 0 Å². The SMILES string of the molecule is C[C@@H]1Cc2c(C(=O)N(CCO)CC3CC3)n[nH]c2[C@H](C)O1. The van der Waals surface area contributed by atoms with Gasteiger partial charge in [-0.05, 0) is 32.6 Å². The minimum atomic E-state index is -0.0743. The molecule has 1 fully saturated rings. The van der Waals surface area contributed by atoms with Gasteiger partial charge in [0, 0.05) is 25.1 Å². The van der Waals surface area contributed by atoms with Gasteiger partial charge in [-0.15, -0.1) is 0 Å². The molecule has 1 aromatic rings. The molecule has 6 nitrogen and oxygen atoms in total. The summed E-state index contributed by atoms with van der Waals surface area (Å²) in [5, 5.41) is 16.4. The Bertz CT molecular complexity index is 524. The third kappa shape index (κ3) is 2.96. The lowest BCUT2D eigenvalue weighted by Crippen LogP contribution is -2.36. The van der Waals surface area contributed by atoms with Crippen LogP contribution < -0.4 is 0 Å². The Kier molecular flexibility index (Phi) is 3.99. The quantitative estimate of drug-likeness (QED) is 0.857. The molecule has 0 spiro atoms. The first-order valence-corrected chi connectivity index (χ1v) is 7.72. The highest BCUT2D eigenvalue weighted by molar-refractivity contribution is 5.94. The highest BCUT2D eigenvalue weighted by Gasteiger charge is 2.33. The lowest BCUT2D eigenvalue weighted by atomic mass is 9.99. The van der Waals surface area contributed by atoms with E-state index in [9.17, 15) is 9.90 Å². The van der Waals surface area contributed by atoms with E-state index in [0.717, 1.165) is 17.8 Å². The van der Waals surface area contributed by atoms with Crippen LogP contribution in [0.3, 0.4) is 0 Å². The first kappa shape index (κ1) is 14.5. The molecule has 2 heterocycles. The molecule has 21 heavy (non-hydrogen) atoms. The van der Waals surface area contributed by atoms with E-state index in [4.69, 9.17) is 4.74 Å². The summed E-state index contributed by atoms with van der Waals surface area (Å²) < 4.78 is 5.75. The first-order chi connectivity index (χ1) is 10.1. The Morgan fingerprint density at radius 2 is 2.24 bits per heavy atom. The Labute approximate surface area is 124 Å². The molecule has 2 atom stereocenters. The van der Waals surface area contributed by atoms with Gasteiger partial charge in [0.05, 0.1) is 24.5 Å². The zero-order chi connectivity index (χ0) is 15.0. The Morgan fingerprint density at radius 1 is 1.48 bits per heavy atom. The zero-order valence-electron chi connectivity index (χ0n) is 12.6. The molecule has 0 aromatic carbocycles. The number of aromatic amines is 1. The second kappa shape index (κ2) is 5.77. The second-order valence-electron chi connectivity index (χ2n) is 6.18. The molecule has 2 aliphatic rings. The predicted octanol–water partition coefficient (Wildman–Crippen LogP) is 1.28. The molecule has 0 saturated heterocycles. The van der Waals surface area contributed by atoms with Crippen LogP contribution >= 0.6 is 0 Å². The number of ether oxygens (including phenoxy) is 1. The third-order valence-corrected chi connectivity index (χ3v) is 4.27. The highest BCUT2D eigenvalue weighted by Crippen LogP contribution is 2.32. The molecule has 1 aliphatic heterocycles. The van der Waals surface area contributed by atoms with Crippen LogP contribution in [0.5, 0.6) is 0 Å². The van der Waals surface area contributed by atoms with Gasteiger partial charge in [-0.2, -0.15) is 5.10 Å². The lowest BCUT2D eigenvalue weighted by Gasteiger charge is -2.26. The summed E-state index contributed by atoms with van der Waals surface area (Å²) in [6, 6.07) is 0. The Hall–Kier alpha value is -1.40. The van der Waals surface area contributed by atoms with E-state index in [1.807, 2.05) is 13.8 Å². The van der Waals surface area contributed by atoms with E-state index in [-0.39, 0.29) is 24.7 Å². The van der Waals surface area contributed by atoms with Crippen molar-refractivity contribution in [2.45, 2.75) is 45.3 Å². The van der Waals surface area contributed by atoms with Crippen LogP contribution in [-0.4, -0.2) is 51.9 Å². The van der Waals surface area contributed by atoms with Gasteiger partial charge in [-0.3, -0.25) is 9.89 Å². The van der Waals surface area contributed by atoms with Crippen molar-refractivity contribution >= 4 is 5.91 Å². The largest absolute Gasteiger partial charge is 0.395 e. The number of aromatic nitrogens is 2. The number of nitrogens with one attached hydrogen (secondary N) is 1. The fourth-order valence-corrected chi connectivity index (χ4v) is 3.01. The lowest BCUT2D eigenvalue weighted by molar-refractivity contribution is -0.00703. The number of aliphatic hydroxyl groups is 1. The minimum absolute atomic E-state index is 0.0129. The van der Waals surface area contributed by atoms with Gasteiger partial charge in [-0.25, -0.2) is 0 Å². The number of amides is 1. The molecule has 116 valence electrons. The molecule has 0 bridgehead atoms. The summed E-state index contributed by atoms with van der Waals surface area (Å²) in [7, 11) is 0. The normalized spacial score (nSPS) is 24.7. The number of rotatable bonds is 5. The number of nitrogens with zero attached hydrogens (tertiary/aromatic N) is 2. The number of carbonyl (C=O) groups is 1. The maximum absolute atomic E-state index is 12.7. The van der Waals surface area contributed by atoms with E-state index in [0.29, 0.717) is 24.6 Å². The van der Waals surface area contributed by atoms with Gasteiger partial charge in [0.25, 0.3) is 5.91 Å². The van der Waals surface area contributed by atoms with E-state index in [2.05, 4.69) is 10.2 Å². The fourth-order valence-electron chi connectivity index (χ4n) is 3.01. The molecule has 1 aromatic heterocycles. The zero-order valence-corrected chi connectivity index (χ0v) is 12.6. The third-order valence-electron chi connectivity index (χ3n) is 4.27. The van der Waals surface area contributed by atoms with Crippen LogP contribution in [0, 0.1) is 5.92 Å². The Balaban J connectivity index is 1.83. The van der Waals surface area contributed by atoms with Crippen LogP contribution in [0.1, 0.15) is 54.5 Å². The number of carbonyl (C=O) groups excluding carboxylic acids is 1. The molecule has 2 N–H and O–H groups in total. The summed E-state index contributed by atoms with van der Waals surface area (Å²) in [5.74, 6) is 0.520. The van der Waals surface area contributed by atoms with Gasteiger partial charge >= 0.3 is 0 Å². The molecule has 6 heteroatoms. The van der Waals surface area contributed by atoms with Gasteiger partial charge in [0.2, 0.25) is 0 Å². The van der Waals surface area contributed by atoms with Crippen LogP contribution in [0.25, 0.3) is 0 Å². The number of fused-ring (bicyclic) bond motifs is 1. The number of hydrogen-bond donors (Lipinski definition) is 2. The average Bonchev–Trinajstić information content (AvgIpc) is 3.15. The molecule has 0 radical (unpaired) electrons. The number of H-pyrrole nitrogens is 1. The maximum atomic E-state index is 12.7. The van der Waals surface area contributed by atoms with Crippen molar-refractivity contribution in [3.63, 3.8) is 0 Å².